The molecule has 0 unspecified atom stereocenters. The Balaban J connectivity index is 1.79. The van der Waals surface area contributed by atoms with Crippen LogP contribution in [0.3, 0.4) is 0 Å². The minimum absolute atomic E-state index is 0.301. The molecule has 0 saturated carbocycles. The summed E-state index contributed by atoms with van der Waals surface area (Å²) >= 11 is 0. The number of nitrogens with zero attached hydrogens (tertiary/aromatic N) is 4. The van der Waals surface area contributed by atoms with E-state index in [0.29, 0.717) is 30.6 Å². The molecular weight excluding hydrogens is 316 g/mol. The standard InChI is InChI=1S/C19H38N4O2/c1-16(2)21-8-10-22(11-9-21)19(24)15-23-17(3)13-20(14-18(23)4)7-6-12-25-5/h16-18H,6-15H2,1-5H3/t17-,18+. The summed E-state index contributed by atoms with van der Waals surface area (Å²) in [7, 11) is 1.76. The van der Waals surface area contributed by atoms with Crippen molar-refractivity contribution in [3.8, 4) is 0 Å². The predicted molar refractivity (Wildman–Crippen MR) is 102 cm³/mol. The monoisotopic (exact) mass is 354 g/mol. The smallest absolute Gasteiger partial charge is 0.236 e. The van der Waals surface area contributed by atoms with Crippen molar-refractivity contribution < 1.29 is 9.53 Å². The molecule has 0 aliphatic carbocycles. The number of carbonyl (C=O) groups is 1. The zero-order valence-electron chi connectivity index (χ0n) is 16.9. The lowest BCUT2D eigenvalue weighted by atomic mass is 10.1. The molecule has 6 nitrogen and oxygen atoms in total. The molecular formula is C19H38N4O2. The van der Waals surface area contributed by atoms with Crippen LogP contribution in [0.2, 0.25) is 0 Å². The van der Waals surface area contributed by atoms with Gasteiger partial charge in [0.25, 0.3) is 0 Å². The summed E-state index contributed by atoms with van der Waals surface area (Å²) in [5.41, 5.74) is 0. The summed E-state index contributed by atoms with van der Waals surface area (Å²) in [5, 5.41) is 0. The van der Waals surface area contributed by atoms with Crippen molar-refractivity contribution in [1.82, 2.24) is 19.6 Å². The van der Waals surface area contributed by atoms with Crippen molar-refractivity contribution in [1.29, 1.82) is 0 Å². The molecule has 2 heterocycles. The van der Waals surface area contributed by atoms with E-state index in [-0.39, 0.29) is 0 Å². The number of amides is 1. The lowest BCUT2D eigenvalue weighted by molar-refractivity contribution is -0.136. The average Bonchev–Trinajstić information content (AvgIpc) is 2.58. The van der Waals surface area contributed by atoms with Crippen LogP contribution in [-0.2, 0) is 9.53 Å². The maximum Gasteiger partial charge on any atom is 0.236 e. The summed E-state index contributed by atoms with van der Waals surface area (Å²) in [6.45, 7) is 17.3. The Morgan fingerprint density at radius 1 is 1.08 bits per heavy atom. The van der Waals surface area contributed by atoms with E-state index in [2.05, 4.69) is 47.3 Å². The van der Waals surface area contributed by atoms with Gasteiger partial charge in [-0.3, -0.25) is 14.6 Å². The summed E-state index contributed by atoms with van der Waals surface area (Å²) in [5.74, 6) is 0.301. The number of hydrogen-bond acceptors (Lipinski definition) is 5. The van der Waals surface area contributed by atoms with Gasteiger partial charge in [0.1, 0.15) is 0 Å². The van der Waals surface area contributed by atoms with Gasteiger partial charge in [-0.1, -0.05) is 0 Å². The highest BCUT2D eigenvalue weighted by Gasteiger charge is 2.32. The average molecular weight is 355 g/mol. The maximum atomic E-state index is 12.8. The quantitative estimate of drug-likeness (QED) is 0.637. The maximum absolute atomic E-state index is 12.8. The van der Waals surface area contributed by atoms with Gasteiger partial charge in [0.15, 0.2) is 0 Å². The van der Waals surface area contributed by atoms with Crippen LogP contribution in [-0.4, -0.2) is 110 Å². The van der Waals surface area contributed by atoms with E-state index >= 15 is 0 Å². The number of methoxy groups -OCH3 is 1. The molecule has 0 aromatic heterocycles. The van der Waals surface area contributed by atoms with Crippen molar-refractivity contribution in [2.45, 2.75) is 52.2 Å². The Hall–Kier alpha value is -0.690. The van der Waals surface area contributed by atoms with Crippen molar-refractivity contribution >= 4 is 5.91 Å². The number of rotatable bonds is 7. The van der Waals surface area contributed by atoms with Crippen molar-refractivity contribution in [3.63, 3.8) is 0 Å². The summed E-state index contributed by atoms with van der Waals surface area (Å²) in [6.07, 6.45) is 1.08. The molecule has 2 fully saturated rings. The minimum Gasteiger partial charge on any atom is -0.385 e. The van der Waals surface area contributed by atoms with Gasteiger partial charge in [0, 0.05) is 77.7 Å². The first kappa shape index (κ1) is 20.6. The van der Waals surface area contributed by atoms with E-state index in [1.807, 2.05) is 0 Å². The minimum atomic E-state index is 0.301. The van der Waals surface area contributed by atoms with Gasteiger partial charge >= 0.3 is 0 Å². The molecule has 0 spiro atoms. The number of carbonyl (C=O) groups excluding carboxylic acids is 1. The van der Waals surface area contributed by atoms with Crippen molar-refractivity contribution in [2.75, 3.05) is 66.1 Å². The molecule has 1 amide bonds. The fourth-order valence-electron chi connectivity index (χ4n) is 4.14. The second kappa shape index (κ2) is 9.86. The highest BCUT2D eigenvalue weighted by Crippen LogP contribution is 2.17. The second-order valence-corrected chi connectivity index (χ2v) is 7.99. The SMILES string of the molecule is COCCCN1C[C@@H](C)N(CC(=O)N2CCN(C(C)C)CC2)[C@@H](C)C1. The molecule has 2 aliphatic rings. The first-order valence-corrected chi connectivity index (χ1v) is 9.91. The van der Waals surface area contributed by atoms with E-state index in [9.17, 15) is 4.79 Å². The Morgan fingerprint density at radius 2 is 1.68 bits per heavy atom. The van der Waals surface area contributed by atoms with Crippen LogP contribution in [0.5, 0.6) is 0 Å². The molecule has 0 radical (unpaired) electrons. The third-order valence-corrected chi connectivity index (χ3v) is 5.72. The van der Waals surface area contributed by atoms with Gasteiger partial charge in [-0.25, -0.2) is 0 Å². The fraction of sp³-hybridized carbons (Fsp3) is 0.947. The second-order valence-electron chi connectivity index (χ2n) is 7.99. The molecule has 0 N–H and O–H groups in total. The number of piperazine rings is 2. The molecule has 2 atom stereocenters. The lowest BCUT2D eigenvalue weighted by Gasteiger charge is -2.45. The topological polar surface area (TPSA) is 39.3 Å². The summed E-state index contributed by atoms with van der Waals surface area (Å²) < 4.78 is 5.16. The lowest BCUT2D eigenvalue weighted by Crippen LogP contribution is -2.60. The molecule has 0 bridgehead atoms. The van der Waals surface area contributed by atoms with E-state index in [0.717, 1.165) is 58.8 Å². The van der Waals surface area contributed by atoms with E-state index in [4.69, 9.17) is 4.74 Å². The number of ether oxygens (including phenoxy) is 1. The summed E-state index contributed by atoms with van der Waals surface area (Å²) in [4.78, 5) is 22.2. The first-order chi connectivity index (χ1) is 11.9. The molecule has 2 rings (SSSR count). The Labute approximate surface area is 154 Å². The van der Waals surface area contributed by atoms with Crippen LogP contribution in [0, 0.1) is 0 Å². The largest absolute Gasteiger partial charge is 0.385 e. The molecule has 2 aliphatic heterocycles. The highest BCUT2D eigenvalue weighted by molar-refractivity contribution is 5.78. The van der Waals surface area contributed by atoms with Gasteiger partial charge in [0.2, 0.25) is 5.91 Å². The third kappa shape index (κ3) is 5.91. The highest BCUT2D eigenvalue weighted by atomic mass is 16.5. The Morgan fingerprint density at radius 3 is 2.20 bits per heavy atom. The molecule has 146 valence electrons. The molecule has 0 aromatic rings. The zero-order chi connectivity index (χ0) is 18.4. The van der Waals surface area contributed by atoms with Crippen LogP contribution in [0.15, 0.2) is 0 Å². The molecule has 6 heteroatoms. The molecule has 2 saturated heterocycles. The van der Waals surface area contributed by atoms with Gasteiger partial charge in [-0.15, -0.1) is 0 Å². The van der Waals surface area contributed by atoms with Gasteiger partial charge in [-0.05, 0) is 34.1 Å². The first-order valence-electron chi connectivity index (χ1n) is 9.91. The van der Waals surface area contributed by atoms with Crippen LogP contribution in [0.25, 0.3) is 0 Å². The van der Waals surface area contributed by atoms with Gasteiger partial charge in [0.05, 0.1) is 6.54 Å². The van der Waals surface area contributed by atoms with Crippen LogP contribution in [0.1, 0.15) is 34.1 Å². The number of hydrogen-bond donors (Lipinski definition) is 0. The Kier molecular flexibility index (Phi) is 8.13. The fourth-order valence-corrected chi connectivity index (χ4v) is 4.14. The van der Waals surface area contributed by atoms with Gasteiger partial charge in [-0.2, -0.15) is 0 Å². The van der Waals surface area contributed by atoms with E-state index in [1.54, 1.807) is 7.11 Å². The van der Waals surface area contributed by atoms with Crippen LogP contribution < -0.4 is 0 Å². The molecule has 25 heavy (non-hydrogen) atoms. The van der Waals surface area contributed by atoms with E-state index < -0.39 is 0 Å². The Bertz CT molecular complexity index is 398. The third-order valence-electron chi connectivity index (χ3n) is 5.72. The van der Waals surface area contributed by atoms with Crippen LogP contribution in [0.4, 0.5) is 0 Å². The van der Waals surface area contributed by atoms with E-state index in [1.165, 1.54) is 0 Å². The van der Waals surface area contributed by atoms with Crippen molar-refractivity contribution in [3.05, 3.63) is 0 Å². The normalized spacial score (nSPS) is 27.2. The van der Waals surface area contributed by atoms with Crippen molar-refractivity contribution in [2.24, 2.45) is 0 Å². The molecule has 0 aromatic carbocycles. The van der Waals surface area contributed by atoms with Gasteiger partial charge < -0.3 is 14.5 Å². The van der Waals surface area contributed by atoms with Crippen LogP contribution >= 0.6 is 0 Å². The predicted octanol–water partition coefficient (Wildman–Crippen LogP) is 0.970. The summed E-state index contributed by atoms with van der Waals surface area (Å²) in [6, 6.07) is 1.42. The zero-order valence-corrected chi connectivity index (χ0v) is 16.9.